The second-order valence-corrected chi connectivity index (χ2v) is 9.22. The molecule has 0 radical (unpaired) electrons. The lowest BCUT2D eigenvalue weighted by Gasteiger charge is -2.31. The van der Waals surface area contributed by atoms with Crippen molar-refractivity contribution in [1.82, 2.24) is 9.62 Å². The van der Waals surface area contributed by atoms with Gasteiger partial charge >= 0.3 is 0 Å². The number of sulfonamides is 1. The molecule has 1 saturated heterocycles. The molecule has 2 aromatic carbocycles. The Bertz CT molecular complexity index is 1040. The van der Waals surface area contributed by atoms with Crippen LogP contribution in [-0.2, 0) is 14.8 Å². The maximum absolute atomic E-state index is 12.8. The number of hydrogen-bond donors (Lipinski definition) is 1. The van der Waals surface area contributed by atoms with Gasteiger partial charge in [-0.05, 0) is 50.1 Å². The molecule has 0 spiro atoms. The lowest BCUT2D eigenvalue weighted by molar-refractivity contribution is -0.126. The van der Waals surface area contributed by atoms with Crippen LogP contribution in [0.1, 0.15) is 36.9 Å². The zero-order valence-electron chi connectivity index (χ0n) is 17.0. The van der Waals surface area contributed by atoms with Crippen molar-refractivity contribution in [2.24, 2.45) is 5.92 Å². The molecule has 3 rings (SSSR count). The predicted octanol–water partition coefficient (Wildman–Crippen LogP) is 2.84. The molecule has 0 aliphatic carbocycles. The summed E-state index contributed by atoms with van der Waals surface area (Å²) in [5.41, 5.74) is 1.31. The minimum absolute atomic E-state index is 0.0798. The monoisotopic (exact) mass is 427 g/mol. The highest BCUT2D eigenvalue weighted by Gasteiger charge is 2.32. The lowest BCUT2D eigenvalue weighted by atomic mass is 9.96. The van der Waals surface area contributed by atoms with Gasteiger partial charge in [-0.3, -0.25) is 4.79 Å². The fraction of sp³-hybridized carbons (Fsp3) is 0.364. The topological polar surface area (TPSA) is 99.5 Å². The van der Waals surface area contributed by atoms with Gasteiger partial charge < -0.3 is 10.1 Å². The Balaban J connectivity index is 1.60. The van der Waals surface area contributed by atoms with Crippen LogP contribution in [0.25, 0.3) is 0 Å². The zero-order chi connectivity index (χ0) is 21.7. The summed E-state index contributed by atoms with van der Waals surface area (Å²) in [6.07, 6.45) is 0.917. The molecule has 1 fully saturated rings. The van der Waals surface area contributed by atoms with Gasteiger partial charge in [-0.15, -0.1) is 0 Å². The molecule has 0 aromatic heterocycles. The van der Waals surface area contributed by atoms with Crippen LogP contribution in [0.15, 0.2) is 53.4 Å². The van der Waals surface area contributed by atoms with Crippen molar-refractivity contribution in [1.29, 1.82) is 5.26 Å². The first-order chi connectivity index (χ1) is 14.4. The first kappa shape index (κ1) is 21.8. The van der Waals surface area contributed by atoms with Gasteiger partial charge in [0, 0.05) is 24.6 Å². The normalized spacial score (nSPS) is 16.4. The number of hydrogen-bond acceptors (Lipinski definition) is 5. The minimum Gasteiger partial charge on any atom is -0.496 e. The number of amides is 1. The maximum Gasteiger partial charge on any atom is 0.243 e. The summed E-state index contributed by atoms with van der Waals surface area (Å²) in [7, 11) is -2.04. The predicted molar refractivity (Wildman–Crippen MR) is 112 cm³/mol. The smallest absolute Gasteiger partial charge is 0.243 e. The van der Waals surface area contributed by atoms with E-state index in [1.807, 2.05) is 37.3 Å². The average Bonchev–Trinajstić information content (AvgIpc) is 2.79. The molecule has 0 saturated carbocycles. The Morgan fingerprint density at radius 2 is 1.80 bits per heavy atom. The average molecular weight is 428 g/mol. The third-order valence-electron chi connectivity index (χ3n) is 5.41. The molecule has 1 N–H and O–H groups in total. The zero-order valence-corrected chi connectivity index (χ0v) is 17.9. The Morgan fingerprint density at radius 1 is 1.17 bits per heavy atom. The van der Waals surface area contributed by atoms with Crippen molar-refractivity contribution in [3.8, 4) is 11.8 Å². The number of carbonyl (C=O) groups is 1. The first-order valence-corrected chi connectivity index (χ1v) is 11.2. The van der Waals surface area contributed by atoms with E-state index in [1.54, 1.807) is 7.11 Å². The van der Waals surface area contributed by atoms with Crippen LogP contribution >= 0.6 is 0 Å². The van der Waals surface area contributed by atoms with E-state index in [0.717, 1.165) is 5.56 Å². The van der Waals surface area contributed by atoms with Crippen molar-refractivity contribution < 1.29 is 17.9 Å². The second-order valence-electron chi connectivity index (χ2n) is 7.29. The molecule has 8 heteroatoms. The molecule has 2 aromatic rings. The standard InChI is InChI=1S/C22H25N3O4S/c1-16(20-5-3-4-6-21(20)29-2)24-22(26)18-11-13-25(14-12-18)30(27,28)19-9-7-17(15-23)8-10-19/h3-10,16,18H,11-14H2,1-2H3,(H,24,26). The van der Waals surface area contributed by atoms with Gasteiger partial charge in [0.1, 0.15) is 5.75 Å². The molecule has 1 atom stereocenters. The molecule has 0 bridgehead atoms. The van der Waals surface area contributed by atoms with Crippen LogP contribution in [0.2, 0.25) is 0 Å². The van der Waals surface area contributed by atoms with Gasteiger partial charge in [-0.2, -0.15) is 9.57 Å². The summed E-state index contributed by atoms with van der Waals surface area (Å²) >= 11 is 0. The summed E-state index contributed by atoms with van der Waals surface area (Å²) < 4.78 is 32.4. The molecule has 30 heavy (non-hydrogen) atoms. The van der Waals surface area contributed by atoms with E-state index in [0.29, 0.717) is 24.2 Å². The van der Waals surface area contributed by atoms with Crippen LogP contribution in [0.3, 0.4) is 0 Å². The highest BCUT2D eigenvalue weighted by Crippen LogP contribution is 2.27. The molecular weight excluding hydrogens is 402 g/mol. The van der Waals surface area contributed by atoms with Crippen LogP contribution in [0.5, 0.6) is 5.75 Å². The number of piperidine rings is 1. The van der Waals surface area contributed by atoms with Gasteiger partial charge in [0.15, 0.2) is 0 Å². The number of rotatable bonds is 6. The van der Waals surface area contributed by atoms with Gasteiger partial charge in [-0.1, -0.05) is 18.2 Å². The number of ether oxygens (including phenoxy) is 1. The van der Waals surface area contributed by atoms with E-state index in [4.69, 9.17) is 10.00 Å². The largest absolute Gasteiger partial charge is 0.496 e. The molecule has 1 unspecified atom stereocenters. The maximum atomic E-state index is 12.8. The summed E-state index contributed by atoms with van der Waals surface area (Å²) in [5, 5.41) is 11.9. The van der Waals surface area contributed by atoms with E-state index in [-0.39, 0.29) is 35.9 Å². The number of nitrogens with zero attached hydrogens (tertiary/aromatic N) is 2. The Morgan fingerprint density at radius 3 is 2.40 bits per heavy atom. The van der Waals surface area contributed by atoms with Crippen LogP contribution in [0, 0.1) is 17.2 Å². The molecule has 1 aliphatic rings. The molecule has 158 valence electrons. The van der Waals surface area contributed by atoms with E-state index in [9.17, 15) is 13.2 Å². The van der Waals surface area contributed by atoms with Gasteiger partial charge in [0.2, 0.25) is 15.9 Å². The summed E-state index contributed by atoms with van der Waals surface area (Å²) in [4.78, 5) is 12.9. The molecule has 1 aliphatic heterocycles. The molecule has 7 nitrogen and oxygen atoms in total. The lowest BCUT2D eigenvalue weighted by Crippen LogP contribution is -2.43. The summed E-state index contributed by atoms with van der Waals surface area (Å²) in [5.74, 6) is 0.395. The van der Waals surface area contributed by atoms with Crippen molar-refractivity contribution in [3.05, 3.63) is 59.7 Å². The van der Waals surface area contributed by atoms with Crippen molar-refractivity contribution in [2.75, 3.05) is 20.2 Å². The van der Waals surface area contributed by atoms with E-state index in [1.165, 1.54) is 28.6 Å². The molecular formula is C22H25N3O4S. The third-order valence-corrected chi connectivity index (χ3v) is 7.32. The third kappa shape index (κ3) is 4.64. The van der Waals surface area contributed by atoms with E-state index in [2.05, 4.69) is 5.32 Å². The van der Waals surface area contributed by atoms with Crippen LogP contribution < -0.4 is 10.1 Å². The van der Waals surface area contributed by atoms with Crippen LogP contribution in [0.4, 0.5) is 0 Å². The fourth-order valence-corrected chi connectivity index (χ4v) is 5.11. The van der Waals surface area contributed by atoms with Gasteiger partial charge in [0.25, 0.3) is 0 Å². The Labute approximate surface area is 177 Å². The highest BCUT2D eigenvalue weighted by molar-refractivity contribution is 7.89. The number of carbonyl (C=O) groups excluding carboxylic acids is 1. The summed E-state index contributed by atoms with van der Waals surface area (Å²) in [6, 6.07) is 15.2. The Hall–Kier alpha value is -2.89. The number of benzene rings is 2. The SMILES string of the molecule is COc1ccccc1C(C)NC(=O)C1CCN(S(=O)(=O)c2ccc(C#N)cc2)CC1. The number of methoxy groups -OCH3 is 1. The Kier molecular flexibility index (Phi) is 6.75. The van der Waals surface area contributed by atoms with E-state index < -0.39 is 10.0 Å². The fourth-order valence-electron chi connectivity index (χ4n) is 3.64. The van der Waals surface area contributed by atoms with Gasteiger partial charge in [0.05, 0.1) is 29.7 Å². The molecule has 1 amide bonds. The second kappa shape index (κ2) is 9.28. The minimum atomic E-state index is -3.64. The number of para-hydroxylation sites is 1. The van der Waals surface area contributed by atoms with Crippen molar-refractivity contribution in [2.45, 2.75) is 30.7 Å². The quantitative estimate of drug-likeness (QED) is 0.764. The van der Waals surface area contributed by atoms with E-state index >= 15 is 0 Å². The van der Waals surface area contributed by atoms with Gasteiger partial charge in [-0.25, -0.2) is 8.42 Å². The van der Waals surface area contributed by atoms with Crippen LogP contribution in [-0.4, -0.2) is 38.8 Å². The summed E-state index contributed by atoms with van der Waals surface area (Å²) in [6.45, 7) is 2.47. The highest BCUT2D eigenvalue weighted by atomic mass is 32.2. The number of nitriles is 1. The first-order valence-electron chi connectivity index (χ1n) is 9.80. The molecule has 1 heterocycles. The van der Waals surface area contributed by atoms with Crippen molar-refractivity contribution >= 4 is 15.9 Å². The number of nitrogens with one attached hydrogen (secondary N) is 1. The van der Waals surface area contributed by atoms with Crippen molar-refractivity contribution in [3.63, 3.8) is 0 Å².